The molecule has 1 N–H and O–H groups in total. The van der Waals surface area contributed by atoms with Crippen LogP contribution in [-0.4, -0.2) is 10.6 Å². The third-order valence-electron chi connectivity index (χ3n) is 4.02. The van der Waals surface area contributed by atoms with Crippen LogP contribution in [-0.2, 0) is 6.54 Å². The van der Waals surface area contributed by atoms with Gasteiger partial charge in [-0.2, -0.15) is 0 Å². The zero-order chi connectivity index (χ0) is 13.0. The molecule has 3 heteroatoms. The van der Waals surface area contributed by atoms with Crippen LogP contribution in [0.2, 0.25) is 0 Å². The molecule has 0 aromatic carbocycles. The van der Waals surface area contributed by atoms with E-state index in [1.807, 2.05) is 22.9 Å². The van der Waals surface area contributed by atoms with Gasteiger partial charge in [0.05, 0.1) is 0 Å². The number of hydrogen-bond donors (Lipinski definition) is 1. The Kier molecular flexibility index (Phi) is 4.59. The topological polar surface area (TPSA) is 34.0 Å². The molecule has 1 unspecified atom stereocenters. The Morgan fingerprint density at radius 1 is 1.44 bits per heavy atom. The molecule has 1 aliphatic carbocycles. The molecule has 1 heterocycles. The Morgan fingerprint density at radius 2 is 2.17 bits per heavy atom. The molecule has 1 fully saturated rings. The van der Waals surface area contributed by atoms with Crippen molar-refractivity contribution in [2.75, 3.05) is 0 Å². The Hall–Kier alpha value is -1.09. The van der Waals surface area contributed by atoms with Gasteiger partial charge in [-0.25, -0.2) is 0 Å². The molecule has 0 aliphatic heterocycles. The molecule has 0 saturated heterocycles. The lowest BCUT2D eigenvalue weighted by Crippen LogP contribution is -2.31. The maximum Gasteiger partial charge on any atom is 0.255 e. The van der Waals surface area contributed by atoms with Gasteiger partial charge in [-0.05, 0) is 32.3 Å². The summed E-state index contributed by atoms with van der Waals surface area (Å²) in [6.07, 6.45) is 7.86. The summed E-state index contributed by atoms with van der Waals surface area (Å²) in [4.78, 5) is 12.4. The van der Waals surface area contributed by atoms with Crippen molar-refractivity contribution in [3.05, 3.63) is 34.2 Å². The first-order valence-corrected chi connectivity index (χ1v) is 7.15. The minimum Gasteiger partial charge on any atom is -0.312 e. The molecule has 0 bridgehead atoms. The van der Waals surface area contributed by atoms with Crippen molar-refractivity contribution in [2.45, 2.75) is 64.6 Å². The van der Waals surface area contributed by atoms with E-state index in [-0.39, 0.29) is 5.56 Å². The average molecular weight is 248 g/mol. The molecular weight excluding hydrogens is 224 g/mol. The van der Waals surface area contributed by atoms with Gasteiger partial charge in [0.2, 0.25) is 0 Å². The van der Waals surface area contributed by atoms with Crippen molar-refractivity contribution in [3.63, 3.8) is 0 Å². The Labute approximate surface area is 109 Å². The van der Waals surface area contributed by atoms with Gasteiger partial charge >= 0.3 is 0 Å². The molecular formula is C15H24N2O. The van der Waals surface area contributed by atoms with Crippen molar-refractivity contribution in [1.29, 1.82) is 0 Å². The third kappa shape index (κ3) is 3.02. The summed E-state index contributed by atoms with van der Waals surface area (Å²) in [7, 11) is 0. The Bertz CT molecular complexity index is 432. The lowest BCUT2D eigenvalue weighted by Gasteiger charge is -2.16. The third-order valence-corrected chi connectivity index (χ3v) is 4.02. The van der Waals surface area contributed by atoms with Crippen LogP contribution in [0.1, 0.15) is 57.6 Å². The molecule has 1 saturated carbocycles. The lowest BCUT2D eigenvalue weighted by molar-refractivity contribution is 0.489. The van der Waals surface area contributed by atoms with Crippen molar-refractivity contribution >= 4 is 0 Å². The first-order valence-electron chi connectivity index (χ1n) is 7.15. The van der Waals surface area contributed by atoms with E-state index in [1.165, 1.54) is 12.8 Å². The number of nitrogens with zero attached hydrogens (tertiary/aromatic N) is 1. The van der Waals surface area contributed by atoms with Crippen molar-refractivity contribution in [1.82, 2.24) is 9.88 Å². The highest BCUT2D eigenvalue weighted by molar-refractivity contribution is 5.11. The van der Waals surface area contributed by atoms with E-state index in [2.05, 4.69) is 19.2 Å². The predicted octanol–water partition coefficient (Wildman–Crippen LogP) is 2.85. The van der Waals surface area contributed by atoms with E-state index >= 15 is 0 Å². The lowest BCUT2D eigenvalue weighted by atomic mass is 10.2. The van der Waals surface area contributed by atoms with Gasteiger partial charge in [-0.1, -0.05) is 25.8 Å². The van der Waals surface area contributed by atoms with Crippen LogP contribution in [0.3, 0.4) is 0 Å². The molecule has 1 aromatic heterocycles. The summed E-state index contributed by atoms with van der Waals surface area (Å²) in [6.45, 7) is 4.99. The van der Waals surface area contributed by atoms with Crippen LogP contribution in [0, 0.1) is 0 Å². The van der Waals surface area contributed by atoms with Crippen LogP contribution < -0.4 is 10.9 Å². The molecule has 0 radical (unpaired) electrons. The van der Waals surface area contributed by atoms with E-state index in [0.29, 0.717) is 18.6 Å². The number of rotatable bonds is 5. The molecule has 0 spiro atoms. The fourth-order valence-electron chi connectivity index (χ4n) is 2.59. The summed E-state index contributed by atoms with van der Waals surface area (Å²) in [5, 5.41) is 3.39. The van der Waals surface area contributed by atoms with Gasteiger partial charge in [0.25, 0.3) is 5.56 Å². The maximum atomic E-state index is 12.4. The summed E-state index contributed by atoms with van der Waals surface area (Å²) >= 11 is 0. The van der Waals surface area contributed by atoms with E-state index < -0.39 is 0 Å². The molecule has 18 heavy (non-hydrogen) atoms. The molecule has 3 nitrogen and oxygen atoms in total. The standard InChI is InChI=1S/C15H24N2O/c1-3-12(2)16-11-13-7-6-10-17(15(13)18)14-8-4-5-9-14/h6-7,10,12,14,16H,3-5,8-9,11H2,1-2H3. The van der Waals surface area contributed by atoms with Gasteiger partial charge in [0, 0.05) is 30.4 Å². The summed E-state index contributed by atoms with van der Waals surface area (Å²) < 4.78 is 1.95. The first-order chi connectivity index (χ1) is 8.72. The fourth-order valence-corrected chi connectivity index (χ4v) is 2.59. The highest BCUT2D eigenvalue weighted by Gasteiger charge is 2.18. The van der Waals surface area contributed by atoms with Crippen molar-refractivity contribution in [3.8, 4) is 0 Å². The number of aromatic nitrogens is 1. The van der Waals surface area contributed by atoms with E-state index in [9.17, 15) is 4.79 Å². The van der Waals surface area contributed by atoms with Crippen molar-refractivity contribution < 1.29 is 0 Å². The maximum absolute atomic E-state index is 12.4. The second-order valence-corrected chi connectivity index (χ2v) is 5.37. The minimum absolute atomic E-state index is 0.195. The second kappa shape index (κ2) is 6.19. The quantitative estimate of drug-likeness (QED) is 0.869. The summed E-state index contributed by atoms with van der Waals surface area (Å²) in [5.41, 5.74) is 1.09. The van der Waals surface area contributed by atoms with Gasteiger partial charge in [-0.3, -0.25) is 4.79 Å². The summed E-state index contributed by atoms with van der Waals surface area (Å²) in [5.74, 6) is 0. The molecule has 1 aliphatic rings. The average Bonchev–Trinajstić information content (AvgIpc) is 2.91. The second-order valence-electron chi connectivity index (χ2n) is 5.37. The monoisotopic (exact) mass is 248 g/mol. The van der Waals surface area contributed by atoms with Crippen LogP contribution in [0.25, 0.3) is 0 Å². The highest BCUT2D eigenvalue weighted by Crippen LogP contribution is 2.27. The van der Waals surface area contributed by atoms with Crippen LogP contribution in [0.4, 0.5) is 0 Å². The zero-order valence-electron chi connectivity index (χ0n) is 11.5. The van der Waals surface area contributed by atoms with Gasteiger partial charge in [0.15, 0.2) is 0 Å². The smallest absolute Gasteiger partial charge is 0.255 e. The molecule has 100 valence electrons. The number of nitrogens with one attached hydrogen (secondary N) is 1. The summed E-state index contributed by atoms with van der Waals surface area (Å²) in [6, 6.07) is 4.85. The normalized spacial score (nSPS) is 18.1. The number of pyridine rings is 1. The van der Waals surface area contributed by atoms with Crippen LogP contribution >= 0.6 is 0 Å². The van der Waals surface area contributed by atoms with E-state index in [0.717, 1.165) is 24.8 Å². The highest BCUT2D eigenvalue weighted by atomic mass is 16.1. The Balaban J connectivity index is 2.11. The molecule has 2 rings (SSSR count). The molecule has 0 amide bonds. The van der Waals surface area contributed by atoms with Gasteiger partial charge in [0.1, 0.15) is 0 Å². The Morgan fingerprint density at radius 3 is 2.83 bits per heavy atom. The fraction of sp³-hybridized carbons (Fsp3) is 0.667. The molecule has 1 aromatic rings. The largest absolute Gasteiger partial charge is 0.312 e. The first kappa shape index (κ1) is 13.3. The minimum atomic E-state index is 0.195. The van der Waals surface area contributed by atoms with E-state index in [1.54, 1.807) is 0 Å². The predicted molar refractivity (Wildman–Crippen MR) is 74.8 cm³/mol. The van der Waals surface area contributed by atoms with Crippen LogP contribution in [0.5, 0.6) is 0 Å². The molecule has 1 atom stereocenters. The SMILES string of the molecule is CCC(C)NCc1cccn(C2CCCC2)c1=O. The van der Waals surface area contributed by atoms with Gasteiger partial charge in [-0.15, -0.1) is 0 Å². The van der Waals surface area contributed by atoms with E-state index in [4.69, 9.17) is 0 Å². The van der Waals surface area contributed by atoms with Crippen molar-refractivity contribution in [2.24, 2.45) is 0 Å². The number of hydrogen-bond acceptors (Lipinski definition) is 2. The van der Waals surface area contributed by atoms with Gasteiger partial charge < -0.3 is 9.88 Å². The van der Waals surface area contributed by atoms with Crippen LogP contribution in [0.15, 0.2) is 23.1 Å². The zero-order valence-corrected chi connectivity index (χ0v) is 11.5.